The van der Waals surface area contributed by atoms with E-state index in [4.69, 9.17) is 43.6 Å². The van der Waals surface area contributed by atoms with E-state index in [0.717, 1.165) is 0 Å². The van der Waals surface area contributed by atoms with Crippen molar-refractivity contribution in [1.29, 1.82) is 0 Å². The van der Waals surface area contributed by atoms with Gasteiger partial charge in [0.15, 0.2) is 0 Å². The van der Waals surface area contributed by atoms with E-state index in [2.05, 4.69) is 0 Å². The van der Waals surface area contributed by atoms with Gasteiger partial charge in [0.1, 0.15) is 0 Å². The van der Waals surface area contributed by atoms with Gasteiger partial charge in [0.2, 0.25) is 0 Å². The van der Waals surface area contributed by atoms with Crippen LogP contribution in [0.2, 0.25) is 0 Å². The average Bonchev–Trinajstić information content (AvgIpc) is 2.28. The molecule has 16 heavy (non-hydrogen) atoms. The van der Waals surface area contributed by atoms with Crippen LogP contribution in [-0.4, -0.2) is 45.6 Å². The monoisotopic (exact) mass is 320 g/mol. The summed E-state index contributed by atoms with van der Waals surface area (Å²) in [5.41, 5.74) is 29.4. The van der Waals surface area contributed by atoms with Crippen molar-refractivity contribution in [3.8, 4) is 0 Å². The third-order valence-corrected chi connectivity index (χ3v) is 0.500. The molecule has 10 heteroatoms. The Morgan fingerprint density at radius 3 is 0.688 bits per heavy atom. The molecule has 0 fully saturated rings. The van der Waals surface area contributed by atoms with Gasteiger partial charge in [-0.25, -0.2) is 0 Å². The molecular formula is C6H26N6O3Zr. The molecule has 0 bridgehead atoms. The van der Waals surface area contributed by atoms with Gasteiger partial charge in [-0.2, -0.15) is 0 Å². The minimum atomic E-state index is -3.79. The summed E-state index contributed by atoms with van der Waals surface area (Å²) in [7, 11) is 0. The van der Waals surface area contributed by atoms with Gasteiger partial charge in [-0.3, -0.25) is 0 Å². The molecule has 0 aliphatic carbocycles. The standard InChI is InChI=1S/3C2H8N2.2H2O.O.Zr/c3*3-1-2-4;;;;/h3*1-4H2;2*1H2;;/q;;;;;;+2/p-2. The first-order valence-corrected chi connectivity index (χ1v) is 7.80. The van der Waals surface area contributed by atoms with E-state index < -0.39 is 22.6 Å². The first-order valence-electron chi connectivity index (χ1n) is 4.60. The number of rotatable bonds is 3. The molecular weight excluding hydrogens is 295 g/mol. The van der Waals surface area contributed by atoms with E-state index in [9.17, 15) is 0 Å². The van der Waals surface area contributed by atoms with Crippen LogP contribution >= 0.6 is 0 Å². The minimum absolute atomic E-state index is 0.597. The molecule has 0 aliphatic rings. The molecule has 0 atom stereocenters. The quantitative estimate of drug-likeness (QED) is 0.251. The van der Waals surface area contributed by atoms with E-state index in [1.807, 2.05) is 0 Å². The zero-order chi connectivity index (χ0) is 13.8. The van der Waals surface area contributed by atoms with E-state index in [0.29, 0.717) is 39.3 Å². The van der Waals surface area contributed by atoms with Crippen LogP contribution in [0.25, 0.3) is 0 Å². The summed E-state index contributed by atoms with van der Waals surface area (Å²) < 4.78 is 23.3. The van der Waals surface area contributed by atoms with Crippen LogP contribution in [0.15, 0.2) is 0 Å². The molecule has 14 N–H and O–H groups in total. The Morgan fingerprint density at radius 1 is 0.625 bits per heavy atom. The fraction of sp³-hybridized carbons (Fsp3) is 1.00. The van der Waals surface area contributed by atoms with Gasteiger partial charge < -0.3 is 34.4 Å². The zero-order valence-corrected chi connectivity index (χ0v) is 12.0. The third-order valence-electron chi connectivity index (χ3n) is 0.500. The normalized spacial score (nSPS) is 7.25. The fourth-order valence-corrected chi connectivity index (χ4v) is 0. The van der Waals surface area contributed by atoms with E-state index >= 15 is 0 Å². The van der Waals surface area contributed by atoms with E-state index in [1.165, 1.54) is 0 Å². The Kier molecular flexibility index (Phi) is 57.1. The molecule has 9 nitrogen and oxygen atoms in total. The molecule has 0 heterocycles. The molecule has 0 aliphatic heterocycles. The molecule has 0 radical (unpaired) electrons. The van der Waals surface area contributed by atoms with Crippen LogP contribution in [0.1, 0.15) is 0 Å². The molecule has 102 valence electrons. The predicted octanol–water partition coefficient (Wildman–Crippen LogP) is -4.52. The van der Waals surface area contributed by atoms with E-state index in [-0.39, 0.29) is 0 Å². The van der Waals surface area contributed by atoms with Crippen LogP contribution in [-0.2, 0) is 25.4 Å². The first kappa shape index (κ1) is 25.3. The molecule has 0 rings (SSSR count). The Balaban J connectivity index is -0.0000000600. The second kappa shape index (κ2) is 36.2. The average molecular weight is 322 g/mol. The summed E-state index contributed by atoms with van der Waals surface area (Å²) >= 11 is -3.79. The predicted molar refractivity (Wildman–Crippen MR) is 59.5 cm³/mol. The van der Waals surface area contributed by atoms with Gasteiger partial charge in [-0.05, 0) is 0 Å². The van der Waals surface area contributed by atoms with Gasteiger partial charge in [0.05, 0.1) is 0 Å². The maximum absolute atomic E-state index is 8.84. The van der Waals surface area contributed by atoms with Crippen molar-refractivity contribution in [3.63, 3.8) is 0 Å². The number of hydrogen-bond acceptors (Lipinski definition) is 7. The van der Waals surface area contributed by atoms with Gasteiger partial charge in [0, 0.05) is 39.3 Å². The fourth-order valence-electron chi connectivity index (χ4n) is 0. The molecule has 0 amide bonds. The zero-order valence-electron chi connectivity index (χ0n) is 9.51. The van der Waals surface area contributed by atoms with Crippen molar-refractivity contribution in [2.24, 2.45) is 34.4 Å². The summed E-state index contributed by atoms with van der Waals surface area (Å²) in [6.45, 7) is 3.58. The van der Waals surface area contributed by atoms with Gasteiger partial charge in [-0.1, -0.05) is 0 Å². The van der Waals surface area contributed by atoms with Crippen LogP contribution in [0.5, 0.6) is 0 Å². The number of hydrogen-bond donors (Lipinski definition) is 8. The summed E-state index contributed by atoms with van der Waals surface area (Å²) in [4.78, 5) is 0. The SMILES string of the molecule is NCCN.NCCN.NCCN.[O]=[Zr]([OH])[OH]. The Morgan fingerprint density at radius 2 is 0.688 bits per heavy atom. The molecule has 0 saturated heterocycles. The van der Waals surface area contributed by atoms with Crippen molar-refractivity contribution >= 4 is 0 Å². The van der Waals surface area contributed by atoms with Gasteiger partial charge in [0.25, 0.3) is 0 Å². The van der Waals surface area contributed by atoms with Crippen molar-refractivity contribution in [2.75, 3.05) is 39.3 Å². The van der Waals surface area contributed by atoms with Crippen molar-refractivity contribution in [3.05, 3.63) is 0 Å². The molecule has 0 aromatic rings. The third kappa shape index (κ3) is 227. The summed E-state index contributed by atoms with van der Waals surface area (Å²) in [6, 6.07) is 0. The molecule has 0 spiro atoms. The molecule has 0 aromatic carbocycles. The Bertz CT molecular complexity index is 90.8. The van der Waals surface area contributed by atoms with Crippen LogP contribution in [0.4, 0.5) is 0 Å². The molecule has 0 unspecified atom stereocenters. The van der Waals surface area contributed by atoms with Crippen molar-refractivity contribution in [1.82, 2.24) is 0 Å². The second-order valence-corrected chi connectivity index (χ2v) is 3.40. The van der Waals surface area contributed by atoms with E-state index in [1.54, 1.807) is 0 Å². The number of nitrogens with two attached hydrogens (primary N) is 6. The van der Waals surface area contributed by atoms with Crippen LogP contribution in [0.3, 0.4) is 0 Å². The molecule has 0 saturated carbocycles. The Labute approximate surface area is 105 Å². The maximum atomic E-state index is 8.84. The van der Waals surface area contributed by atoms with Crippen molar-refractivity contribution < 1.29 is 31.8 Å². The molecule has 0 aromatic heterocycles. The van der Waals surface area contributed by atoms with Crippen LogP contribution < -0.4 is 34.4 Å². The topological polar surface area (TPSA) is 214 Å². The summed E-state index contributed by atoms with van der Waals surface area (Å²) in [5, 5.41) is 0. The van der Waals surface area contributed by atoms with Crippen molar-refractivity contribution in [2.45, 2.75) is 0 Å². The Hall–Kier alpha value is 0.363. The second-order valence-electron chi connectivity index (χ2n) is 2.01. The summed E-state index contributed by atoms with van der Waals surface area (Å²) in [5.74, 6) is 0. The first-order chi connectivity index (χ1) is 7.47. The summed E-state index contributed by atoms with van der Waals surface area (Å²) in [6.07, 6.45) is 0. The van der Waals surface area contributed by atoms with Crippen LogP contribution in [0, 0.1) is 0 Å². The van der Waals surface area contributed by atoms with Gasteiger partial charge in [-0.15, -0.1) is 0 Å². The van der Waals surface area contributed by atoms with Gasteiger partial charge >= 0.3 is 31.8 Å².